The second kappa shape index (κ2) is 8.27. The summed E-state index contributed by atoms with van der Waals surface area (Å²) in [6.45, 7) is 7.61. The Morgan fingerprint density at radius 1 is 0.962 bits per heavy atom. The normalized spacial score (nSPS) is 20.6. The summed E-state index contributed by atoms with van der Waals surface area (Å²) in [7, 11) is 0. The molecule has 0 saturated carbocycles. The summed E-state index contributed by atoms with van der Waals surface area (Å²) in [6, 6.07) is 8.17. The van der Waals surface area contributed by atoms with Crippen molar-refractivity contribution < 1.29 is 0 Å². The van der Waals surface area contributed by atoms with Crippen LogP contribution in [0.2, 0.25) is 5.02 Å². The number of piperazine rings is 1. The van der Waals surface area contributed by atoms with Crippen LogP contribution in [0.3, 0.4) is 0 Å². The summed E-state index contributed by atoms with van der Waals surface area (Å²) in [5, 5.41) is 5.10. The number of nitrogens with one attached hydrogen (secondary N) is 1. The van der Waals surface area contributed by atoms with E-state index in [9.17, 15) is 0 Å². The molecule has 3 heterocycles. The van der Waals surface area contributed by atoms with E-state index in [-0.39, 0.29) is 0 Å². The van der Waals surface area contributed by atoms with E-state index in [0.717, 1.165) is 57.3 Å². The van der Waals surface area contributed by atoms with E-state index in [1.165, 1.54) is 11.3 Å². The van der Waals surface area contributed by atoms with Gasteiger partial charge in [-0.3, -0.25) is 14.9 Å². The highest BCUT2D eigenvalue weighted by Crippen LogP contribution is 2.18. The van der Waals surface area contributed by atoms with Gasteiger partial charge in [-0.1, -0.05) is 35.9 Å². The highest BCUT2D eigenvalue weighted by atomic mass is 35.5. The minimum Gasteiger partial charge on any atom is -0.301 e. The Labute approximate surface area is 160 Å². The lowest BCUT2D eigenvalue weighted by atomic mass is 10.2. The summed E-state index contributed by atoms with van der Waals surface area (Å²) in [4.78, 5) is 5.07. The number of hydrogen-bond acceptors (Lipinski definition) is 5. The molecule has 1 N–H and O–H groups in total. The topological polar surface area (TPSA) is 25.0 Å². The number of allylic oxidation sites excluding steroid dienone is 3. The number of fused-ring (bicyclic) bond motifs is 1. The zero-order valence-corrected chi connectivity index (χ0v) is 15.8. The molecule has 1 aromatic rings. The Kier molecular flexibility index (Phi) is 5.60. The second-order valence-electron chi connectivity index (χ2n) is 6.98. The average Bonchev–Trinajstić information content (AvgIpc) is 3.08. The fourth-order valence-electron chi connectivity index (χ4n) is 3.60. The van der Waals surface area contributed by atoms with Crippen LogP contribution in [-0.2, 0) is 6.54 Å². The van der Waals surface area contributed by atoms with Crippen LogP contribution >= 0.6 is 11.6 Å². The predicted molar refractivity (Wildman–Crippen MR) is 106 cm³/mol. The van der Waals surface area contributed by atoms with Crippen LogP contribution in [0.15, 0.2) is 60.6 Å². The monoisotopic (exact) mass is 371 g/mol. The summed E-state index contributed by atoms with van der Waals surface area (Å²) >= 11 is 6.28. The number of hydrogen-bond donors (Lipinski definition) is 1. The van der Waals surface area contributed by atoms with Crippen LogP contribution in [0.5, 0.6) is 0 Å². The SMILES string of the molecule is Clc1ccccc1CN1CCN(CCCN2C=C3C=CC=CN3N2)CC1. The minimum absolute atomic E-state index is 0.878. The Hall–Kier alpha value is -1.79. The lowest BCUT2D eigenvalue weighted by molar-refractivity contribution is 0.116. The number of benzene rings is 1. The molecule has 1 fully saturated rings. The first-order chi connectivity index (χ1) is 12.8. The number of rotatable bonds is 6. The van der Waals surface area contributed by atoms with Crippen molar-refractivity contribution in [3.63, 3.8) is 0 Å². The van der Waals surface area contributed by atoms with Crippen molar-refractivity contribution >= 4 is 11.6 Å². The first-order valence-electron chi connectivity index (χ1n) is 9.35. The second-order valence-corrected chi connectivity index (χ2v) is 7.39. The molecule has 3 aliphatic rings. The molecule has 0 unspecified atom stereocenters. The molecule has 0 radical (unpaired) electrons. The fraction of sp³-hybridized carbons (Fsp3) is 0.400. The average molecular weight is 372 g/mol. The maximum atomic E-state index is 6.28. The molecule has 5 nitrogen and oxygen atoms in total. The third kappa shape index (κ3) is 4.30. The lowest BCUT2D eigenvalue weighted by Crippen LogP contribution is -2.46. The maximum absolute atomic E-state index is 6.28. The van der Waals surface area contributed by atoms with Crippen LogP contribution < -0.4 is 5.53 Å². The molecule has 0 bridgehead atoms. The maximum Gasteiger partial charge on any atom is 0.0762 e. The highest BCUT2D eigenvalue weighted by Gasteiger charge is 2.20. The Bertz CT molecular complexity index is 706. The third-order valence-corrected chi connectivity index (χ3v) is 5.47. The molecule has 1 saturated heterocycles. The molecule has 3 aliphatic heterocycles. The van der Waals surface area contributed by atoms with Crippen LogP contribution in [0.25, 0.3) is 0 Å². The van der Waals surface area contributed by atoms with Gasteiger partial charge in [0.15, 0.2) is 0 Å². The Morgan fingerprint density at radius 2 is 1.77 bits per heavy atom. The summed E-state index contributed by atoms with van der Waals surface area (Å²) in [6.07, 6.45) is 11.6. The summed E-state index contributed by atoms with van der Waals surface area (Å²) in [5.74, 6) is 0. The predicted octanol–water partition coefficient (Wildman–Crippen LogP) is 2.81. The molecular weight excluding hydrogens is 346 g/mol. The smallest absolute Gasteiger partial charge is 0.0762 e. The first-order valence-corrected chi connectivity index (χ1v) is 9.73. The fourth-order valence-corrected chi connectivity index (χ4v) is 3.79. The summed E-state index contributed by atoms with van der Waals surface area (Å²) in [5.41, 5.74) is 5.79. The molecule has 0 aliphatic carbocycles. The van der Waals surface area contributed by atoms with Crippen molar-refractivity contribution in [2.75, 3.05) is 39.3 Å². The van der Waals surface area contributed by atoms with Crippen molar-refractivity contribution in [2.45, 2.75) is 13.0 Å². The van der Waals surface area contributed by atoms with Gasteiger partial charge in [-0.25, -0.2) is 0 Å². The molecule has 0 atom stereocenters. The van der Waals surface area contributed by atoms with Crippen molar-refractivity contribution in [3.05, 3.63) is 71.2 Å². The van der Waals surface area contributed by atoms with Gasteiger partial charge >= 0.3 is 0 Å². The van der Waals surface area contributed by atoms with E-state index >= 15 is 0 Å². The standard InChI is InChI=1S/C20H26ClN5/c21-20-8-2-1-6-18(20)16-24-14-12-23(13-15-24)9-5-10-25-17-19-7-3-4-11-26(19)22-25/h1-4,6-8,11,17,22H,5,9-10,12-16H2. The van der Waals surface area contributed by atoms with Crippen LogP contribution in [-0.4, -0.2) is 59.1 Å². The molecule has 0 aromatic heterocycles. The third-order valence-electron chi connectivity index (χ3n) is 5.11. The van der Waals surface area contributed by atoms with Crippen LogP contribution in [0.1, 0.15) is 12.0 Å². The van der Waals surface area contributed by atoms with Gasteiger partial charge in [0.2, 0.25) is 0 Å². The quantitative estimate of drug-likeness (QED) is 0.829. The van der Waals surface area contributed by atoms with Crippen molar-refractivity contribution in [2.24, 2.45) is 0 Å². The molecule has 4 rings (SSSR count). The highest BCUT2D eigenvalue weighted by molar-refractivity contribution is 6.31. The zero-order chi connectivity index (χ0) is 17.8. The Morgan fingerprint density at radius 3 is 2.58 bits per heavy atom. The van der Waals surface area contributed by atoms with Gasteiger partial charge in [0.25, 0.3) is 0 Å². The van der Waals surface area contributed by atoms with Gasteiger partial charge < -0.3 is 4.90 Å². The van der Waals surface area contributed by atoms with E-state index in [2.05, 4.69) is 50.8 Å². The van der Waals surface area contributed by atoms with E-state index in [0.29, 0.717) is 0 Å². The molecule has 0 spiro atoms. The van der Waals surface area contributed by atoms with Crippen molar-refractivity contribution in [3.8, 4) is 0 Å². The Balaban J connectivity index is 1.16. The minimum atomic E-state index is 0.878. The van der Waals surface area contributed by atoms with E-state index in [1.54, 1.807) is 0 Å². The van der Waals surface area contributed by atoms with E-state index in [4.69, 9.17) is 11.6 Å². The van der Waals surface area contributed by atoms with Gasteiger partial charge in [0.1, 0.15) is 0 Å². The lowest BCUT2D eigenvalue weighted by Gasteiger charge is -2.35. The van der Waals surface area contributed by atoms with Gasteiger partial charge in [-0.2, -0.15) is 0 Å². The molecule has 1 aromatic carbocycles. The van der Waals surface area contributed by atoms with E-state index in [1.807, 2.05) is 29.4 Å². The molecule has 138 valence electrons. The molecule has 26 heavy (non-hydrogen) atoms. The molecular formula is C20H26ClN5. The van der Waals surface area contributed by atoms with Gasteiger partial charge in [0, 0.05) is 56.7 Å². The van der Waals surface area contributed by atoms with Crippen LogP contribution in [0, 0.1) is 0 Å². The molecule has 6 heteroatoms. The van der Waals surface area contributed by atoms with Gasteiger partial charge in [0.05, 0.1) is 5.70 Å². The van der Waals surface area contributed by atoms with Gasteiger partial charge in [-0.05, 0) is 36.7 Å². The van der Waals surface area contributed by atoms with Crippen molar-refractivity contribution in [1.82, 2.24) is 25.4 Å². The van der Waals surface area contributed by atoms with Crippen molar-refractivity contribution in [1.29, 1.82) is 0 Å². The number of halogens is 1. The number of hydrazine groups is 2. The largest absolute Gasteiger partial charge is 0.301 e. The first kappa shape index (κ1) is 17.6. The van der Waals surface area contributed by atoms with E-state index < -0.39 is 0 Å². The molecule has 0 amide bonds. The number of nitrogens with zero attached hydrogens (tertiary/aromatic N) is 4. The summed E-state index contributed by atoms with van der Waals surface area (Å²) < 4.78 is 0. The zero-order valence-electron chi connectivity index (χ0n) is 15.0. The van der Waals surface area contributed by atoms with Crippen LogP contribution in [0.4, 0.5) is 0 Å². The van der Waals surface area contributed by atoms with Gasteiger partial charge in [-0.15, -0.1) is 5.53 Å².